The first kappa shape index (κ1) is 9.84. The van der Waals surface area contributed by atoms with Gasteiger partial charge in [-0.05, 0) is 24.6 Å². The smallest absolute Gasteiger partial charge is 0.133 e. The van der Waals surface area contributed by atoms with Crippen LogP contribution in [-0.4, -0.2) is 5.78 Å². The monoisotopic (exact) mass is 184 g/mol. The number of halogens is 2. The van der Waals surface area contributed by atoms with Gasteiger partial charge in [-0.3, -0.25) is 4.79 Å². The van der Waals surface area contributed by atoms with E-state index < -0.39 is 12.0 Å². The second-order valence-electron chi connectivity index (χ2n) is 2.93. The molecular formula is C10H10F2O. The zero-order valence-electron chi connectivity index (χ0n) is 7.26. The first-order chi connectivity index (χ1) is 6.09. The summed E-state index contributed by atoms with van der Waals surface area (Å²) < 4.78 is 25.6. The van der Waals surface area contributed by atoms with Crippen molar-refractivity contribution in [2.75, 3.05) is 0 Å². The average molecular weight is 184 g/mol. The first-order valence-corrected chi connectivity index (χ1v) is 3.98. The second kappa shape index (κ2) is 4.12. The zero-order valence-corrected chi connectivity index (χ0v) is 7.26. The van der Waals surface area contributed by atoms with E-state index in [9.17, 15) is 13.6 Å². The molecule has 0 radical (unpaired) electrons. The van der Waals surface area contributed by atoms with Crippen LogP contribution in [0.25, 0.3) is 0 Å². The third kappa shape index (κ3) is 2.93. The topological polar surface area (TPSA) is 17.1 Å². The van der Waals surface area contributed by atoms with Crippen molar-refractivity contribution in [2.45, 2.75) is 19.5 Å². The normalized spacial score (nSPS) is 12.5. The van der Waals surface area contributed by atoms with Gasteiger partial charge in [-0.15, -0.1) is 0 Å². The molecule has 0 heterocycles. The molecule has 3 heteroatoms. The number of benzene rings is 1. The Balaban J connectivity index is 2.71. The molecule has 0 bridgehead atoms. The van der Waals surface area contributed by atoms with E-state index in [-0.39, 0.29) is 12.2 Å². The minimum absolute atomic E-state index is 0.147. The number of hydrogen-bond donors (Lipinski definition) is 0. The van der Waals surface area contributed by atoms with Crippen molar-refractivity contribution < 1.29 is 13.6 Å². The SMILES string of the molecule is CC(=O)CC(F)c1ccc(F)cc1. The molecule has 0 aliphatic rings. The van der Waals surface area contributed by atoms with Crippen molar-refractivity contribution in [3.63, 3.8) is 0 Å². The van der Waals surface area contributed by atoms with Gasteiger partial charge >= 0.3 is 0 Å². The first-order valence-electron chi connectivity index (χ1n) is 3.98. The lowest BCUT2D eigenvalue weighted by molar-refractivity contribution is -0.118. The Hall–Kier alpha value is -1.25. The molecule has 0 saturated carbocycles. The van der Waals surface area contributed by atoms with E-state index >= 15 is 0 Å². The fourth-order valence-electron chi connectivity index (χ4n) is 1.04. The molecule has 0 aliphatic heterocycles. The molecular weight excluding hydrogens is 174 g/mol. The van der Waals surface area contributed by atoms with Gasteiger partial charge in [-0.25, -0.2) is 8.78 Å². The highest BCUT2D eigenvalue weighted by molar-refractivity contribution is 5.76. The van der Waals surface area contributed by atoms with Gasteiger partial charge in [0.1, 0.15) is 17.8 Å². The highest BCUT2D eigenvalue weighted by atomic mass is 19.1. The van der Waals surface area contributed by atoms with Crippen LogP contribution >= 0.6 is 0 Å². The number of alkyl halides is 1. The van der Waals surface area contributed by atoms with Crippen LogP contribution in [0.4, 0.5) is 8.78 Å². The number of hydrogen-bond acceptors (Lipinski definition) is 1. The van der Waals surface area contributed by atoms with Crippen molar-refractivity contribution in [3.05, 3.63) is 35.6 Å². The Morgan fingerprint density at radius 2 is 1.92 bits per heavy atom. The van der Waals surface area contributed by atoms with Crippen LogP contribution in [0.1, 0.15) is 25.1 Å². The largest absolute Gasteiger partial charge is 0.300 e. The third-order valence-corrected chi connectivity index (χ3v) is 1.70. The van der Waals surface area contributed by atoms with E-state index in [1.54, 1.807) is 0 Å². The second-order valence-corrected chi connectivity index (χ2v) is 2.93. The minimum atomic E-state index is -1.32. The fraction of sp³-hybridized carbons (Fsp3) is 0.300. The highest BCUT2D eigenvalue weighted by Crippen LogP contribution is 2.21. The van der Waals surface area contributed by atoms with Crippen molar-refractivity contribution in [3.8, 4) is 0 Å². The van der Waals surface area contributed by atoms with Gasteiger partial charge in [-0.2, -0.15) is 0 Å². The lowest BCUT2D eigenvalue weighted by atomic mass is 10.1. The van der Waals surface area contributed by atoms with Gasteiger partial charge in [0.25, 0.3) is 0 Å². The van der Waals surface area contributed by atoms with Crippen LogP contribution in [-0.2, 0) is 4.79 Å². The number of carbonyl (C=O) groups excluding carboxylic acids is 1. The van der Waals surface area contributed by atoms with Crippen molar-refractivity contribution in [2.24, 2.45) is 0 Å². The maximum atomic E-state index is 13.2. The maximum Gasteiger partial charge on any atom is 0.133 e. The van der Waals surface area contributed by atoms with Gasteiger partial charge in [-0.1, -0.05) is 12.1 Å². The molecule has 1 aromatic carbocycles. The van der Waals surface area contributed by atoms with E-state index in [1.165, 1.54) is 31.2 Å². The number of carbonyl (C=O) groups is 1. The Morgan fingerprint density at radius 1 is 1.38 bits per heavy atom. The third-order valence-electron chi connectivity index (χ3n) is 1.70. The molecule has 0 spiro atoms. The van der Waals surface area contributed by atoms with Crippen molar-refractivity contribution >= 4 is 5.78 Å². The van der Waals surface area contributed by atoms with E-state index in [0.717, 1.165) is 0 Å². The van der Waals surface area contributed by atoms with E-state index in [2.05, 4.69) is 0 Å². The van der Waals surface area contributed by atoms with Gasteiger partial charge in [0.2, 0.25) is 0 Å². The molecule has 0 saturated heterocycles. The molecule has 1 nitrogen and oxygen atoms in total. The van der Waals surface area contributed by atoms with Gasteiger partial charge < -0.3 is 0 Å². The minimum Gasteiger partial charge on any atom is -0.300 e. The van der Waals surface area contributed by atoms with Gasteiger partial charge in [0.05, 0.1) is 0 Å². The van der Waals surface area contributed by atoms with Crippen LogP contribution in [0.3, 0.4) is 0 Å². The quantitative estimate of drug-likeness (QED) is 0.705. The lowest BCUT2D eigenvalue weighted by Gasteiger charge is -2.05. The zero-order chi connectivity index (χ0) is 9.84. The Morgan fingerprint density at radius 3 is 2.38 bits per heavy atom. The number of Topliss-reactive ketones (excluding diaryl/α,β-unsaturated/α-hetero) is 1. The van der Waals surface area contributed by atoms with Crippen LogP contribution in [0.5, 0.6) is 0 Å². The summed E-state index contributed by atoms with van der Waals surface area (Å²) in [6, 6.07) is 5.07. The van der Waals surface area contributed by atoms with Crippen LogP contribution in [0.15, 0.2) is 24.3 Å². The molecule has 0 aromatic heterocycles. The summed E-state index contributed by atoms with van der Waals surface area (Å²) >= 11 is 0. The summed E-state index contributed by atoms with van der Waals surface area (Å²) in [5, 5.41) is 0. The molecule has 0 amide bonds. The predicted molar refractivity (Wildman–Crippen MR) is 45.5 cm³/mol. The van der Waals surface area contributed by atoms with E-state index in [4.69, 9.17) is 0 Å². The molecule has 1 aromatic rings. The Kier molecular flexibility index (Phi) is 3.12. The molecule has 1 unspecified atom stereocenters. The molecule has 0 aliphatic carbocycles. The lowest BCUT2D eigenvalue weighted by Crippen LogP contribution is -1.98. The summed E-state index contributed by atoms with van der Waals surface area (Å²) in [6.45, 7) is 1.33. The molecule has 0 N–H and O–H groups in total. The summed E-state index contributed by atoms with van der Waals surface area (Å²) in [5.41, 5.74) is 0.344. The predicted octanol–water partition coefficient (Wildman–Crippen LogP) is 2.82. The summed E-state index contributed by atoms with van der Waals surface area (Å²) in [6.07, 6.45) is -1.47. The average Bonchev–Trinajstić information content (AvgIpc) is 2.04. The van der Waals surface area contributed by atoms with Gasteiger partial charge in [0.15, 0.2) is 0 Å². The van der Waals surface area contributed by atoms with Gasteiger partial charge in [0, 0.05) is 6.42 Å². The molecule has 0 fully saturated rings. The standard InChI is InChI=1S/C10H10F2O/c1-7(13)6-10(12)8-2-4-9(11)5-3-8/h2-5,10H,6H2,1H3. The van der Waals surface area contributed by atoms with E-state index in [1.807, 2.05) is 0 Å². The Labute approximate surface area is 75.4 Å². The number of ketones is 1. The summed E-state index contributed by atoms with van der Waals surface area (Å²) in [5.74, 6) is -0.615. The van der Waals surface area contributed by atoms with Crippen LogP contribution < -0.4 is 0 Å². The number of rotatable bonds is 3. The van der Waals surface area contributed by atoms with Crippen molar-refractivity contribution in [1.82, 2.24) is 0 Å². The molecule has 70 valence electrons. The summed E-state index contributed by atoms with van der Waals surface area (Å²) in [7, 11) is 0. The molecule has 13 heavy (non-hydrogen) atoms. The molecule has 1 rings (SSSR count). The fourth-order valence-corrected chi connectivity index (χ4v) is 1.04. The highest BCUT2D eigenvalue weighted by Gasteiger charge is 2.11. The Bertz CT molecular complexity index is 292. The van der Waals surface area contributed by atoms with Crippen LogP contribution in [0, 0.1) is 5.82 Å². The van der Waals surface area contributed by atoms with Crippen molar-refractivity contribution in [1.29, 1.82) is 0 Å². The van der Waals surface area contributed by atoms with E-state index in [0.29, 0.717) is 5.56 Å². The molecule has 1 atom stereocenters. The van der Waals surface area contributed by atoms with Crippen LogP contribution in [0.2, 0.25) is 0 Å². The maximum absolute atomic E-state index is 13.2. The summed E-state index contributed by atoms with van der Waals surface area (Å²) in [4.78, 5) is 10.6.